The number of aromatic amines is 2. The number of fused-ring (bicyclic) bond motifs is 1. The molecule has 1 amide bonds. The van der Waals surface area contributed by atoms with E-state index in [1.807, 2.05) is 17.2 Å². The second-order valence-electron chi connectivity index (χ2n) is 7.94. The molecule has 1 aliphatic carbocycles. The van der Waals surface area contributed by atoms with E-state index in [2.05, 4.69) is 44.7 Å². The van der Waals surface area contributed by atoms with Crippen molar-refractivity contribution in [3.63, 3.8) is 0 Å². The summed E-state index contributed by atoms with van der Waals surface area (Å²) in [5.41, 5.74) is 6.61. The fraction of sp³-hybridized carbons (Fsp3) is 0.409. The molecule has 0 bridgehead atoms. The van der Waals surface area contributed by atoms with Gasteiger partial charge in [-0.1, -0.05) is 30.3 Å². The monoisotopic (exact) mass is 375 g/mol. The number of H-pyrrole nitrogens is 2. The third-order valence-corrected chi connectivity index (χ3v) is 6.11. The molecule has 1 atom stereocenters. The Morgan fingerprint density at radius 3 is 2.93 bits per heavy atom. The van der Waals surface area contributed by atoms with Gasteiger partial charge in [-0.2, -0.15) is 10.2 Å². The SMILES string of the molecule is O=C(c1n[nH]c2c1CCC2)N1CCC[C@H](c2[nH]ncc2Cc2ccccc2)C1. The van der Waals surface area contributed by atoms with Crippen LogP contribution in [0.1, 0.15) is 63.7 Å². The van der Waals surface area contributed by atoms with Crippen molar-refractivity contribution in [2.75, 3.05) is 13.1 Å². The van der Waals surface area contributed by atoms with Crippen LogP contribution in [0.5, 0.6) is 0 Å². The molecule has 0 saturated carbocycles. The summed E-state index contributed by atoms with van der Waals surface area (Å²) in [5.74, 6) is 0.374. The number of aromatic nitrogens is 4. The molecule has 1 aliphatic heterocycles. The predicted octanol–water partition coefficient (Wildman–Crippen LogP) is 3.23. The number of amides is 1. The first-order valence-corrected chi connectivity index (χ1v) is 10.2. The molecule has 2 aromatic heterocycles. The number of piperidine rings is 1. The van der Waals surface area contributed by atoms with Gasteiger partial charge < -0.3 is 4.90 Å². The average molecular weight is 375 g/mol. The van der Waals surface area contributed by atoms with Crippen LogP contribution in [0.4, 0.5) is 0 Å². The van der Waals surface area contributed by atoms with E-state index in [4.69, 9.17) is 0 Å². The maximum absolute atomic E-state index is 13.1. The molecule has 3 aromatic rings. The maximum Gasteiger partial charge on any atom is 0.274 e. The molecular formula is C22H25N5O. The summed E-state index contributed by atoms with van der Waals surface area (Å²) in [4.78, 5) is 15.1. The van der Waals surface area contributed by atoms with Gasteiger partial charge in [0.15, 0.2) is 5.69 Å². The number of benzene rings is 1. The quantitative estimate of drug-likeness (QED) is 0.735. The maximum atomic E-state index is 13.1. The standard InChI is InChI=1S/C22H25N5O/c28-22(21-18-9-4-10-19(18)24-26-21)27-11-5-8-16(14-27)20-17(13-23-25-20)12-15-6-2-1-3-7-15/h1-3,6-7,13,16H,4-5,8-12,14H2,(H,23,25)(H,24,26)/t16-/m0/s1. The van der Waals surface area contributed by atoms with Gasteiger partial charge in [-0.15, -0.1) is 0 Å². The smallest absolute Gasteiger partial charge is 0.274 e. The fourth-order valence-corrected chi connectivity index (χ4v) is 4.67. The summed E-state index contributed by atoms with van der Waals surface area (Å²) >= 11 is 0. The Hall–Kier alpha value is -2.89. The highest BCUT2D eigenvalue weighted by atomic mass is 16.2. The molecule has 1 aromatic carbocycles. The minimum atomic E-state index is 0.0771. The summed E-state index contributed by atoms with van der Waals surface area (Å²) in [7, 11) is 0. The Labute approximate surface area is 164 Å². The highest BCUT2D eigenvalue weighted by Crippen LogP contribution is 2.31. The van der Waals surface area contributed by atoms with E-state index in [1.165, 1.54) is 16.8 Å². The van der Waals surface area contributed by atoms with Crippen LogP contribution in [-0.4, -0.2) is 44.3 Å². The normalized spacial score (nSPS) is 19.0. The van der Waals surface area contributed by atoms with Gasteiger partial charge >= 0.3 is 0 Å². The first-order chi connectivity index (χ1) is 13.8. The van der Waals surface area contributed by atoms with E-state index in [1.54, 1.807) is 0 Å². The summed E-state index contributed by atoms with van der Waals surface area (Å²) < 4.78 is 0. The Kier molecular flexibility index (Phi) is 4.47. The molecule has 1 saturated heterocycles. The van der Waals surface area contributed by atoms with Crippen molar-refractivity contribution in [1.82, 2.24) is 25.3 Å². The molecule has 2 aliphatic rings. The van der Waals surface area contributed by atoms with E-state index in [9.17, 15) is 4.79 Å². The van der Waals surface area contributed by atoms with Gasteiger partial charge in [0.1, 0.15) is 0 Å². The van der Waals surface area contributed by atoms with Crippen molar-refractivity contribution in [1.29, 1.82) is 0 Å². The van der Waals surface area contributed by atoms with E-state index in [0.717, 1.165) is 62.9 Å². The van der Waals surface area contributed by atoms with Crippen LogP contribution in [-0.2, 0) is 19.3 Å². The number of carbonyl (C=O) groups excluding carboxylic acids is 1. The lowest BCUT2D eigenvalue weighted by molar-refractivity contribution is 0.0698. The number of hydrogen-bond donors (Lipinski definition) is 2. The third-order valence-electron chi connectivity index (χ3n) is 6.11. The number of aryl methyl sites for hydroxylation is 1. The molecule has 3 heterocycles. The number of likely N-dealkylation sites (tertiary alicyclic amines) is 1. The first kappa shape index (κ1) is 17.2. The van der Waals surface area contributed by atoms with Crippen LogP contribution in [0, 0.1) is 0 Å². The second-order valence-corrected chi connectivity index (χ2v) is 7.94. The van der Waals surface area contributed by atoms with Crippen LogP contribution in [0.25, 0.3) is 0 Å². The van der Waals surface area contributed by atoms with E-state index >= 15 is 0 Å². The summed E-state index contributed by atoms with van der Waals surface area (Å²) in [6.07, 6.45) is 7.97. The van der Waals surface area contributed by atoms with Crippen LogP contribution in [0.3, 0.4) is 0 Å². The molecule has 6 nitrogen and oxygen atoms in total. The van der Waals surface area contributed by atoms with Crippen LogP contribution in [0.15, 0.2) is 36.5 Å². The zero-order valence-corrected chi connectivity index (χ0v) is 15.9. The van der Waals surface area contributed by atoms with Crippen molar-refractivity contribution in [2.24, 2.45) is 0 Å². The van der Waals surface area contributed by atoms with Gasteiger partial charge in [0.2, 0.25) is 0 Å². The van der Waals surface area contributed by atoms with Crippen molar-refractivity contribution in [2.45, 2.75) is 44.4 Å². The lowest BCUT2D eigenvalue weighted by atomic mass is 9.90. The topological polar surface area (TPSA) is 77.7 Å². The highest BCUT2D eigenvalue weighted by molar-refractivity contribution is 5.94. The average Bonchev–Trinajstić information content (AvgIpc) is 3.45. The molecule has 0 radical (unpaired) electrons. The Bertz CT molecular complexity index is 974. The van der Waals surface area contributed by atoms with Gasteiger partial charge in [0.25, 0.3) is 5.91 Å². The number of carbonyl (C=O) groups is 1. The van der Waals surface area contributed by atoms with Gasteiger partial charge in [-0.3, -0.25) is 15.0 Å². The fourth-order valence-electron chi connectivity index (χ4n) is 4.67. The van der Waals surface area contributed by atoms with Crippen LogP contribution < -0.4 is 0 Å². The Morgan fingerprint density at radius 2 is 2.04 bits per heavy atom. The van der Waals surface area contributed by atoms with Gasteiger partial charge in [-0.05, 0) is 43.2 Å². The van der Waals surface area contributed by atoms with Crippen molar-refractivity contribution < 1.29 is 4.79 Å². The van der Waals surface area contributed by atoms with Crippen molar-refractivity contribution in [3.8, 4) is 0 Å². The molecule has 2 N–H and O–H groups in total. The molecule has 0 spiro atoms. The summed E-state index contributed by atoms with van der Waals surface area (Å²) in [6.45, 7) is 1.53. The van der Waals surface area contributed by atoms with Gasteiger partial charge in [0, 0.05) is 42.4 Å². The molecule has 6 heteroatoms. The summed E-state index contributed by atoms with van der Waals surface area (Å²) in [5, 5.41) is 14.9. The Balaban J connectivity index is 1.34. The van der Waals surface area contributed by atoms with E-state index in [-0.39, 0.29) is 5.91 Å². The van der Waals surface area contributed by atoms with E-state index in [0.29, 0.717) is 11.6 Å². The molecule has 5 rings (SSSR count). The summed E-state index contributed by atoms with van der Waals surface area (Å²) in [6, 6.07) is 10.5. The number of nitrogens with one attached hydrogen (secondary N) is 2. The molecule has 1 fully saturated rings. The van der Waals surface area contributed by atoms with Crippen molar-refractivity contribution in [3.05, 3.63) is 70.3 Å². The minimum absolute atomic E-state index is 0.0771. The van der Waals surface area contributed by atoms with Gasteiger partial charge in [-0.25, -0.2) is 0 Å². The minimum Gasteiger partial charge on any atom is -0.337 e. The molecule has 0 unspecified atom stereocenters. The molecule has 144 valence electrons. The highest BCUT2D eigenvalue weighted by Gasteiger charge is 2.31. The van der Waals surface area contributed by atoms with Crippen LogP contribution in [0.2, 0.25) is 0 Å². The number of nitrogens with zero attached hydrogens (tertiary/aromatic N) is 3. The number of hydrogen-bond acceptors (Lipinski definition) is 3. The molecule has 28 heavy (non-hydrogen) atoms. The third kappa shape index (κ3) is 3.13. The van der Waals surface area contributed by atoms with Crippen molar-refractivity contribution >= 4 is 5.91 Å². The lowest BCUT2D eigenvalue weighted by Gasteiger charge is -2.32. The molecular weight excluding hydrogens is 350 g/mol. The number of rotatable bonds is 4. The van der Waals surface area contributed by atoms with Gasteiger partial charge in [0.05, 0.1) is 6.20 Å². The largest absolute Gasteiger partial charge is 0.337 e. The lowest BCUT2D eigenvalue weighted by Crippen LogP contribution is -2.40. The van der Waals surface area contributed by atoms with Crippen LogP contribution >= 0.6 is 0 Å². The zero-order chi connectivity index (χ0) is 18.9. The second kappa shape index (κ2) is 7.26. The Morgan fingerprint density at radius 1 is 1.14 bits per heavy atom. The zero-order valence-electron chi connectivity index (χ0n) is 15.9. The van der Waals surface area contributed by atoms with E-state index < -0.39 is 0 Å². The first-order valence-electron chi connectivity index (χ1n) is 10.2. The predicted molar refractivity (Wildman–Crippen MR) is 106 cm³/mol.